The largest absolute Gasteiger partial charge is 0.497 e. The number of pyridine rings is 1. The lowest BCUT2D eigenvalue weighted by Gasteiger charge is -2.09. The van der Waals surface area contributed by atoms with E-state index in [2.05, 4.69) is 15.6 Å². The Kier molecular flexibility index (Phi) is 5.99. The molecule has 0 bridgehead atoms. The van der Waals surface area contributed by atoms with Gasteiger partial charge in [-0.2, -0.15) is 0 Å². The van der Waals surface area contributed by atoms with Gasteiger partial charge in [-0.1, -0.05) is 18.2 Å². The molecule has 0 radical (unpaired) electrons. The summed E-state index contributed by atoms with van der Waals surface area (Å²) in [4.78, 5) is 40.5. The van der Waals surface area contributed by atoms with Crippen LogP contribution in [0, 0.1) is 0 Å². The van der Waals surface area contributed by atoms with Gasteiger partial charge in [-0.25, -0.2) is 0 Å². The van der Waals surface area contributed by atoms with E-state index in [0.717, 1.165) is 0 Å². The molecule has 7 heteroatoms. The smallest absolute Gasteiger partial charge is 0.257 e. The van der Waals surface area contributed by atoms with Crippen LogP contribution < -0.4 is 15.4 Å². The molecule has 0 aliphatic rings. The van der Waals surface area contributed by atoms with Crippen LogP contribution in [0.25, 0.3) is 0 Å². The highest BCUT2D eigenvalue weighted by molar-refractivity contribution is 6.08. The second kappa shape index (κ2) is 8.79. The minimum Gasteiger partial charge on any atom is -0.497 e. The third-order valence-electron chi connectivity index (χ3n) is 4.12. The summed E-state index contributed by atoms with van der Waals surface area (Å²) in [5.74, 6) is -0.325. The Labute approximate surface area is 167 Å². The van der Waals surface area contributed by atoms with Crippen LogP contribution >= 0.6 is 0 Å². The maximum absolute atomic E-state index is 12.5. The number of methoxy groups -OCH3 is 1. The zero-order valence-electron chi connectivity index (χ0n) is 15.9. The second-order valence-electron chi connectivity index (χ2n) is 6.24. The molecule has 0 spiro atoms. The molecule has 0 aliphatic heterocycles. The van der Waals surface area contributed by atoms with Gasteiger partial charge in [0.1, 0.15) is 5.75 Å². The van der Waals surface area contributed by atoms with Crippen molar-refractivity contribution in [3.8, 4) is 5.75 Å². The number of nitrogens with zero attached hydrogens (tertiary/aromatic N) is 1. The SMILES string of the molecule is COc1cccc(NC(=O)c2cncc(C(=O)Nc3cccc(C(C)=O)c3)c2)c1. The van der Waals surface area contributed by atoms with Crippen LogP contribution in [0.1, 0.15) is 38.0 Å². The Bertz CT molecular complexity index is 1080. The number of carbonyl (C=O) groups is 3. The highest BCUT2D eigenvalue weighted by Gasteiger charge is 2.13. The number of aromatic nitrogens is 1. The second-order valence-corrected chi connectivity index (χ2v) is 6.24. The predicted octanol–water partition coefficient (Wildman–Crippen LogP) is 3.80. The number of benzene rings is 2. The quantitative estimate of drug-likeness (QED) is 0.625. The van der Waals surface area contributed by atoms with Crippen LogP contribution in [0.4, 0.5) is 11.4 Å². The van der Waals surface area contributed by atoms with Gasteiger partial charge in [0, 0.05) is 35.4 Å². The molecular formula is C22H19N3O4. The molecule has 0 atom stereocenters. The number of ether oxygens (including phenoxy) is 1. The van der Waals surface area contributed by atoms with E-state index in [1.54, 1.807) is 55.6 Å². The molecule has 0 saturated carbocycles. The number of Topliss-reactive ketones (excluding diaryl/α,β-unsaturated/α-hetero) is 1. The first-order chi connectivity index (χ1) is 14.0. The summed E-state index contributed by atoms with van der Waals surface area (Å²) in [6.07, 6.45) is 2.75. The molecule has 1 heterocycles. The van der Waals surface area contributed by atoms with E-state index in [9.17, 15) is 14.4 Å². The van der Waals surface area contributed by atoms with Crippen molar-refractivity contribution in [3.63, 3.8) is 0 Å². The molecule has 2 amide bonds. The van der Waals surface area contributed by atoms with Gasteiger partial charge in [0.05, 0.1) is 18.2 Å². The topological polar surface area (TPSA) is 97.4 Å². The Morgan fingerprint density at radius 3 is 1.97 bits per heavy atom. The average Bonchev–Trinajstić information content (AvgIpc) is 2.74. The number of hydrogen-bond donors (Lipinski definition) is 2. The van der Waals surface area contributed by atoms with Gasteiger partial charge in [0.15, 0.2) is 5.78 Å². The third kappa shape index (κ3) is 5.04. The lowest BCUT2D eigenvalue weighted by Crippen LogP contribution is -2.16. The van der Waals surface area contributed by atoms with E-state index in [1.807, 2.05) is 0 Å². The number of anilines is 2. The van der Waals surface area contributed by atoms with Gasteiger partial charge in [0.25, 0.3) is 11.8 Å². The predicted molar refractivity (Wildman–Crippen MR) is 110 cm³/mol. The highest BCUT2D eigenvalue weighted by atomic mass is 16.5. The zero-order chi connectivity index (χ0) is 20.8. The summed E-state index contributed by atoms with van der Waals surface area (Å²) >= 11 is 0. The van der Waals surface area contributed by atoms with Crippen molar-refractivity contribution >= 4 is 29.0 Å². The summed E-state index contributed by atoms with van der Waals surface area (Å²) in [7, 11) is 1.54. The van der Waals surface area contributed by atoms with Crippen LogP contribution in [0.3, 0.4) is 0 Å². The number of nitrogens with one attached hydrogen (secondary N) is 2. The molecule has 2 N–H and O–H groups in total. The Balaban J connectivity index is 1.74. The monoisotopic (exact) mass is 389 g/mol. The van der Waals surface area contributed by atoms with Gasteiger partial charge in [-0.05, 0) is 37.3 Å². The fraction of sp³-hybridized carbons (Fsp3) is 0.0909. The molecule has 0 unspecified atom stereocenters. The van der Waals surface area contributed by atoms with Crippen molar-refractivity contribution < 1.29 is 19.1 Å². The fourth-order valence-corrected chi connectivity index (χ4v) is 2.61. The Morgan fingerprint density at radius 2 is 1.38 bits per heavy atom. The van der Waals surface area contributed by atoms with Crippen molar-refractivity contribution in [3.05, 3.63) is 83.7 Å². The van der Waals surface area contributed by atoms with Crippen LogP contribution in [0.5, 0.6) is 5.75 Å². The lowest BCUT2D eigenvalue weighted by atomic mass is 10.1. The van der Waals surface area contributed by atoms with E-state index in [-0.39, 0.29) is 16.9 Å². The first-order valence-corrected chi connectivity index (χ1v) is 8.79. The summed E-state index contributed by atoms with van der Waals surface area (Å²) in [6.45, 7) is 1.45. The van der Waals surface area contributed by atoms with Crippen LogP contribution in [-0.4, -0.2) is 29.7 Å². The minimum absolute atomic E-state index is 0.0982. The van der Waals surface area contributed by atoms with Crippen molar-refractivity contribution in [2.75, 3.05) is 17.7 Å². The maximum Gasteiger partial charge on any atom is 0.257 e. The van der Waals surface area contributed by atoms with Crippen molar-refractivity contribution in [2.24, 2.45) is 0 Å². The summed E-state index contributed by atoms with van der Waals surface area (Å²) in [5, 5.41) is 5.45. The zero-order valence-corrected chi connectivity index (χ0v) is 15.9. The van der Waals surface area contributed by atoms with E-state index in [1.165, 1.54) is 25.4 Å². The number of hydrogen-bond acceptors (Lipinski definition) is 5. The van der Waals surface area contributed by atoms with Gasteiger partial charge < -0.3 is 15.4 Å². The molecule has 2 aromatic carbocycles. The number of amides is 2. The van der Waals surface area contributed by atoms with Gasteiger partial charge in [0.2, 0.25) is 0 Å². The highest BCUT2D eigenvalue weighted by Crippen LogP contribution is 2.18. The molecule has 0 aliphatic carbocycles. The summed E-state index contributed by atoms with van der Waals surface area (Å²) < 4.78 is 5.13. The van der Waals surface area contributed by atoms with Crippen molar-refractivity contribution in [2.45, 2.75) is 6.92 Å². The van der Waals surface area contributed by atoms with Crippen LogP contribution in [0.2, 0.25) is 0 Å². The fourth-order valence-electron chi connectivity index (χ4n) is 2.61. The molecule has 3 aromatic rings. The van der Waals surface area contributed by atoms with Crippen molar-refractivity contribution in [1.82, 2.24) is 4.98 Å². The molecule has 7 nitrogen and oxygen atoms in total. The first-order valence-electron chi connectivity index (χ1n) is 8.79. The van der Waals surface area contributed by atoms with E-state index < -0.39 is 11.8 Å². The average molecular weight is 389 g/mol. The van der Waals surface area contributed by atoms with Gasteiger partial charge in [-0.15, -0.1) is 0 Å². The third-order valence-corrected chi connectivity index (χ3v) is 4.12. The lowest BCUT2D eigenvalue weighted by molar-refractivity contribution is 0.100. The minimum atomic E-state index is -0.436. The van der Waals surface area contributed by atoms with E-state index in [0.29, 0.717) is 22.7 Å². The maximum atomic E-state index is 12.5. The number of ketones is 1. The van der Waals surface area contributed by atoms with E-state index in [4.69, 9.17) is 4.74 Å². The molecule has 29 heavy (non-hydrogen) atoms. The molecule has 1 aromatic heterocycles. The molecular weight excluding hydrogens is 370 g/mol. The van der Waals surface area contributed by atoms with Crippen LogP contribution in [0.15, 0.2) is 67.0 Å². The summed E-state index contributed by atoms with van der Waals surface area (Å²) in [6, 6.07) is 15.0. The van der Waals surface area contributed by atoms with Gasteiger partial charge >= 0.3 is 0 Å². The molecule has 3 rings (SSSR count). The van der Waals surface area contributed by atoms with Crippen molar-refractivity contribution in [1.29, 1.82) is 0 Å². The van der Waals surface area contributed by atoms with Crippen LogP contribution in [-0.2, 0) is 0 Å². The molecule has 0 fully saturated rings. The summed E-state index contributed by atoms with van der Waals surface area (Å²) in [5.41, 5.74) is 1.99. The Hall–Kier alpha value is -4.00. The van der Waals surface area contributed by atoms with Gasteiger partial charge in [-0.3, -0.25) is 19.4 Å². The Morgan fingerprint density at radius 1 is 0.793 bits per heavy atom. The standard InChI is InChI=1S/C22H19N3O4/c1-14(26)15-5-3-6-18(10-15)24-21(27)16-9-17(13-23-12-16)22(28)25-19-7-4-8-20(11-19)29-2/h3-13H,1-2H3,(H,24,27)(H,25,28). The van der Waals surface area contributed by atoms with E-state index >= 15 is 0 Å². The number of rotatable bonds is 6. The molecule has 146 valence electrons. The molecule has 0 saturated heterocycles. The first kappa shape index (κ1) is 19.8. The number of carbonyl (C=O) groups excluding carboxylic acids is 3. The normalized spacial score (nSPS) is 10.1.